The minimum Gasteiger partial charge on any atom is -0.543 e. The Morgan fingerprint density at radius 3 is 2.22 bits per heavy atom. The van der Waals surface area contributed by atoms with E-state index in [1.807, 2.05) is 0 Å². The fourth-order valence-corrected chi connectivity index (χ4v) is 3.48. The van der Waals surface area contributed by atoms with Gasteiger partial charge in [-0.1, -0.05) is 13.0 Å². The van der Waals surface area contributed by atoms with E-state index in [-0.39, 0.29) is 59.1 Å². The molecule has 0 amide bonds. The molecule has 3 rings (SSSR count). The summed E-state index contributed by atoms with van der Waals surface area (Å²) in [7, 11) is 2.18. The molecular weight excluding hydrogens is 390 g/mol. The Kier molecular flexibility index (Phi) is 13.3. The van der Waals surface area contributed by atoms with E-state index in [2.05, 4.69) is 38.6 Å². The van der Waals surface area contributed by atoms with Crippen LogP contribution in [0.4, 0.5) is 5.82 Å². The predicted octanol–water partition coefficient (Wildman–Crippen LogP) is -7.01. The summed E-state index contributed by atoms with van der Waals surface area (Å²) in [5.74, 6) is -2.39. The van der Waals surface area contributed by atoms with E-state index in [1.54, 1.807) is 0 Å². The third-order valence-electron chi connectivity index (χ3n) is 4.37. The van der Waals surface area contributed by atoms with Crippen molar-refractivity contribution in [2.45, 2.75) is 26.2 Å². The quantitative estimate of drug-likeness (QED) is 0.348. The van der Waals surface area contributed by atoms with E-state index in [0.717, 1.165) is 50.0 Å². The predicted molar refractivity (Wildman–Crippen MR) is 90.6 cm³/mol. The molecule has 3 heterocycles. The van der Waals surface area contributed by atoms with E-state index < -0.39 is 11.9 Å². The largest absolute Gasteiger partial charge is 1.00 e. The fourth-order valence-electron chi connectivity index (χ4n) is 2.88. The van der Waals surface area contributed by atoms with E-state index in [0.29, 0.717) is 0 Å². The number of nitrogens with zero attached hydrogens (tertiary/aromatic N) is 4. The third-order valence-corrected chi connectivity index (χ3v) is 4.89. The molecule has 1 saturated heterocycles. The van der Waals surface area contributed by atoms with Crippen molar-refractivity contribution in [2.24, 2.45) is 5.92 Å². The number of hydrogen-bond donors (Lipinski definition) is 0. The molecule has 0 aromatic carbocycles. The number of carboxylic acids is 2. The fraction of sp³-hybridized carbons (Fsp3) is 0.625. The maximum atomic E-state index is 8.93. The molecule has 27 heavy (non-hydrogen) atoms. The van der Waals surface area contributed by atoms with Crippen LogP contribution in [-0.2, 0) is 9.59 Å². The number of aromatic nitrogens is 2. The zero-order valence-electron chi connectivity index (χ0n) is 16.4. The summed E-state index contributed by atoms with van der Waals surface area (Å²) in [6, 6.07) is 0. The van der Waals surface area contributed by atoms with E-state index in [1.165, 1.54) is 30.1 Å². The van der Waals surface area contributed by atoms with Gasteiger partial charge in [-0.15, -0.1) is 0 Å². The van der Waals surface area contributed by atoms with Crippen molar-refractivity contribution < 1.29 is 78.9 Å². The Labute approximate surface area is 207 Å². The monoisotopic (exact) mass is 412 g/mol. The van der Waals surface area contributed by atoms with Gasteiger partial charge in [0.1, 0.15) is 5.69 Å². The standard InChI is InChI=1S/C14H22N4S.C2H2O4.2Na/c1-11-5-8-18(9-6-11)14-13(15-19-16-14)12-4-3-7-17(2)10-12;3-1(4)2(5)6;;/h4,11H,3,5-10H2,1-2H3;(H,3,4)(H,5,6);;/q;;2*+1/p-2. The molecule has 2 aliphatic rings. The number of likely N-dealkylation sites (N-methyl/N-ethyl adjacent to an activating group) is 1. The van der Waals surface area contributed by atoms with Crippen LogP contribution < -0.4 is 74.2 Å². The van der Waals surface area contributed by atoms with Crippen LogP contribution in [0.25, 0.3) is 5.57 Å². The van der Waals surface area contributed by atoms with Gasteiger partial charge < -0.3 is 29.6 Å². The van der Waals surface area contributed by atoms with Gasteiger partial charge in [-0.25, -0.2) is 0 Å². The molecular formula is C16H22N4Na2O4S. The molecule has 0 N–H and O–H groups in total. The molecule has 0 spiro atoms. The van der Waals surface area contributed by atoms with Crippen molar-refractivity contribution in [2.75, 3.05) is 38.1 Å². The number of hydrogen-bond acceptors (Lipinski definition) is 9. The molecule has 0 atom stereocenters. The Morgan fingerprint density at radius 1 is 1.11 bits per heavy atom. The Morgan fingerprint density at radius 2 is 1.70 bits per heavy atom. The summed E-state index contributed by atoms with van der Waals surface area (Å²) < 4.78 is 9.12. The van der Waals surface area contributed by atoms with Crippen LogP contribution in [0.5, 0.6) is 0 Å². The first kappa shape index (κ1) is 27.0. The molecule has 2 aliphatic heterocycles. The van der Waals surface area contributed by atoms with E-state index in [9.17, 15) is 0 Å². The Hall–Kier alpha value is 0. The second-order valence-corrected chi connectivity index (χ2v) is 6.97. The van der Waals surface area contributed by atoms with Crippen LogP contribution in [0, 0.1) is 5.92 Å². The normalized spacial score (nSPS) is 17.6. The van der Waals surface area contributed by atoms with Gasteiger partial charge in [-0.3, -0.25) is 0 Å². The van der Waals surface area contributed by atoms with Crippen molar-refractivity contribution in [3.05, 3.63) is 11.8 Å². The van der Waals surface area contributed by atoms with Gasteiger partial charge in [-0.05, 0) is 37.8 Å². The number of piperidine rings is 1. The summed E-state index contributed by atoms with van der Waals surface area (Å²) in [5.41, 5.74) is 2.49. The van der Waals surface area contributed by atoms with Gasteiger partial charge in [0.2, 0.25) is 0 Å². The first-order chi connectivity index (χ1) is 11.9. The van der Waals surface area contributed by atoms with Gasteiger partial charge in [0, 0.05) is 26.2 Å². The van der Waals surface area contributed by atoms with Crippen molar-refractivity contribution in [1.82, 2.24) is 13.6 Å². The molecule has 1 aromatic rings. The second-order valence-electron chi connectivity index (χ2n) is 6.44. The molecule has 8 nitrogen and oxygen atoms in total. The number of rotatable bonds is 2. The number of aliphatic carboxylic acids is 2. The maximum Gasteiger partial charge on any atom is 1.00 e. The Balaban J connectivity index is 0.000000744. The van der Waals surface area contributed by atoms with Crippen LogP contribution in [0.3, 0.4) is 0 Å². The number of anilines is 1. The SMILES string of the molecule is CC1CCN(c2nsnc2C2=CCCN(C)C2)CC1.O=C([O-])C(=O)[O-].[Na+].[Na+]. The Bertz CT molecular complexity index is 636. The maximum absolute atomic E-state index is 8.93. The third kappa shape index (κ3) is 8.49. The van der Waals surface area contributed by atoms with Gasteiger partial charge in [0.05, 0.1) is 23.7 Å². The summed E-state index contributed by atoms with van der Waals surface area (Å²) in [5, 5.41) is 17.9. The first-order valence-corrected chi connectivity index (χ1v) is 8.99. The molecule has 0 aliphatic carbocycles. The molecule has 0 unspecified atom stereocenters. The minimum absolute atomic E-state index is 0. The summed E-state index contributed by atoms with van der Waals surface area (Å²) in [6.45, 7) is 6.75. The number of carboxylic acid groups (broad SMARTS) is 2. The van der Waals surface area contributed by atoms with Gasteiger partial charge in [0.25, 0.3) is 0 Å². The molecule has 0 saturated carbocycles. The minimum atomic E-state index is -2.19. The molecule has 0 bridgehead atoms. The molecule has 138 valence electrons. The van der Waals surface area contributed by atoms with Crippen LogP contribution in [0.15, 0.2) is 6.08 Å². The smallest absolute Gasteiger partial charge is 0.543 e. The molecule has 1 aromatic heterocycles. The molecule has 1 fully saturated rings. The zero-order chi connectivity index (χ0) is 18.4. The van der Waals surface area contributed by atoms with Crippen molar-refractivity contribution in [3.63, 3.8) is 0 Å². The summed E-state index contributed by atoms with van der Waals surface area (Å²) >= 11 is 1.35. The number of carbonyl (C=O) groups is 2. The second kappa shape index (κ2) is 13.3. The van der Waals surface area contributed by atoms with Crippen molar-refractivity contribution >= 4 is 35.1 Å². The van der Waals surface area contributed by atoms with Crippen molar-refractivity contribution in [1.29, 1.82) is 0 Å². The number of carbonyl (C=O) groups excluding carboxylic acids is 2. The van der Waals surface area contributed by atoms with E-state index >= 15 is 0 Å². The van der Waals surface area contributed by atoms with Gasteiger partial charge in [0.15, 0.2) is 5.82 Å². The van der Waals surface area contributed by atoms with Crippen molar-refractivity contribution in [3.8, 4) is 0 Å². The van der Waals surface area contributed by atoms with Crippen LogP contribution in [0.1, 0.15) is 31.9 Å². The van der Waals surface area contributed by atoms with Crippen LogP contribution in [-0.4, -0.2) is 58.8 Å². The first-order valence-electron chi connectivity index (χ1n) is 8.26. The molecule has 11 heteroatoms. The van der Waals surface area contributed by atoms with Crippen LogP contribution in [0.2, 0.25) is 0 Å². The molecule has 0 radical (unpaired) electrons. The topological polar surface area (TPSA) is 113 Å². The average Bonchev–Trinajstić information content (AvgIpc) is 3.05. The van der Waals surface area contributed by atoms with Gasteiger partial charge >= 0.3 is 59.1 Å². The van der Waals surface area contributed by atoms with Crippen LogP contribution >= 0.6 is 11.7 Å². The van der Waals surface area contributed by atoms with E-state index in [4.69, 9.17) is 19.8 Å². The summed E-state index contributed by atoms with van der Waals surface area (Å²) in [6.07, 6.45) is 6.01. The van der Waals surface area contributed by atoms with Gasteiger partial charge in [-0.2, -0.15) is 8.75 Å². The zero-order valence-corrected chi connectivity index (χ0v) is 21.3. The average molecular weight is 412 g/mol. The summed E-state index contributed by atoms with van der Waals surface area (Å²) in [4.78, 5) is 22.6.